The fourth-order valence-corrected chi connectivity index (χ4v) is 0.791. The molecule has 62 valence electrons. The van der Waals surface area contributed by atoms with E-state index >= 15 is 0 Å². The van der Waals surface area contributed by atoms with Crippen molar-refractivity contribution in [3.63, 3.8) is 0 Å². The summed E-state index contributed by atoms with van der Waals surface area (Å²) >= 11 is 0. The molecule has 0 radical (unpaired) electrons. The van der Waals surface area contributed by atoms with E-state index in [0.29, 0.717) is 5.69 Å². The molecule has 0 fully saturated rings. The zero-order valence-electron chi connectivity index (χ0n) is 7.15. The molecule has 0 atom stereocenters. The first-order valence-corrected chi connectivity index (χ1v) is 3.16. The maximum absolute atomic E-state index is 10.3. The molecule has 1 aromatic rings. The molecule has 13 heavy (non-hydrogen) atoms. The molecule has 0 aliphatic rings. The summed E-state index contributed by atoms with van der Waals surface area (Å²) in [6.07, 6.45) is 0. The Morgan fingerprint density at radius 1 is 1.54 bits per heavy atom. The third-order valence-electron chi connectivity index (χ3n) is 1.38. The monoisotopic (exact) mass is 187 g/mol. The predicted octanol–water partition coefficient (Wildman–Crippen LogP) is -2.91. The summed E-state index contributed by atoms with van der Waals surface area (Å²) in [7, 11) is 0. The normalized spacial score (nSPS) is 8.62. The molecular weight excluding hydrogens is 181 g/mol. The number of hydrogen-bond donors (Lipinski definition) is 1. The summed E-state index contributed by atoms with van der Waals surface area (Å²) in [5.41, 5.74) is 0.167. The first kappa shape index (κ1) is 12.2. The topological polar surface area (TPSA) is 72.7 Å². The van der Waals surface area contributed by atoms with Crippen LogP contribution >= 0.6 is 0 Å². The van der Waals surface area contributed by atoms with Gasteiger partial charge in [0.15, 0.2) is 0 Å². The molecule has 0 amide bonds. The molecule has 0 saturated carbocycles. The predicted molar refractivity (Wildman–Crippen MR) is 41.6 cm³/mol. The van der Waals surface area contributed by atoms with E-state index in [2.05, 4.69) is 11.7 Å². The molecule has 0 aliphatic carbocycles. The first-order chi connectivity index (χ1) is 5.65. The van der Waals surface area contributed by atoms with Crippen LogP contribution in [0.25, 0.3) is 0 Å². The van der Waals surface area contributed by atoms with Crippen molar-refractivity contribution in [2.45, 2.75) is 0 Å². The Balaban J connectivity index is 0.00000144. The summed E-state index contributed by atoms with van der Waals surface area (Å²) in [5.74, 6) is -1.77. The Labute approximate surface area is 97.2 Å². The van der Waals surface area contributed by atoms with Gasteiger partial charge in [-0.25, -0.2) is 0 Å². The average Bonchev–Trinajstić information content (AvgIpc) is 2.03. The number of phenols is 1. The minimum atomic E-state index is -1.41. The van der Waals surface area contributed by atoms with Crippen LogP contribution in [0, 0.1) is 0 Å². The number of rotatable bonds is 2. The largest absolute Gasteiger partial charge is 1.00 e. The summed E-state index contributed by atoms with van der Waals surface area (Å²) in [6, 6.07) is 3.85. The van der Waals surface area contributed by atoms with Gasteiger partial charge in [-0.15, -0.1) is 0 Å². The molecule has 0 unspecified atom stereocenters. The van der Waals surface area contributed by atoms with Crippen LogP contribution in [0.3, 0.4) is 0 Å². The molecule has 0 spiro atoms. The molecular formula is C8H6NNaO3. The van der Waals surface area contributed by atoms with E-state index in [1.54, 1.807) is 0 Å². The van der Waals surface area contributed by atoms with Gasteiger partial charge < -0.3 is 15.0 Å². The van der Waals surface area contributed by atoms with Crippen LogP contribution in [0.2, 0.25) is 0 Å². The molecule has 1 rings (SSSR count). The van der Waals surface area contributed by atoms with Crippen molar-refractivity contribution >= 4 is 18.4 Å². The Bertz CT molecular complexity index is 338. The van der Waals surface area contributed by atoms with Gasteiger partial charge in [0, 0.05) is 11.6 Å². The number of aromatic carboxylic acids is 1. The van der Waals surface area contributed by atoms with Crippen molar-refractivity contribution in [1.82, 2.24) is 0 Å². The van der Waals surface area contributed by atoms with Crippen LogP contribution < -0.4 is 34.7 Å². The molecule has 0 heterocycles. The Morgan fingerprint density at radius 3 is 2.54 bits per heavy atom. The van der Waals surface area contributed by atoms with Gasteiger partial charge in [0.2, 0.25) is 0 Å². The number of carboxylic acid groups (broad SMARTS) is 1. The minimum Gasteiger partial charge on any atom is -0.545 e. The second kappa shape index (κ2) is 5.01. The SMILES string of the molecule is C=Nc1ccc(C(=O)[O-])c(O)c1.[Na+]. The standard InChI is InChI=1S/C8H7NO3.Na/c1-9-5-2-3-6(8(11)12)7(10)4-5;/h2-4,10H,1H2,(H,11,12);/q;+1/p-1. The number of aliphatic imine (C=N–C) groups is 1. The maximum atomic E-state index is 10.3. The number of carbonyl (C=O) groups is 1. The van der Waals surface area contributed by atoms with E-state index < -0.39 is 5.97 Å². The zero-order chi connectivity index (χ0) is 9.14. The smallest absolute Gasteiger partial charge is 0.545 e. The van der Waals surface area contributed by atoms with E-state index in [1.165, 1.54) is 18.2 Å². The Kier molecular flexibility index (Phi) is 4.69. The maximum Gasteiger partial charge on any atom is 1.00 e. The summed E-state index contributed by atoms with van der Waals surface area (Å²) in [6.45, 7) is 3.22. The van der Waals surface area contributed by atoms with Gasteiger partial charge >= 0.3 is 29.6 Å². The van der Waals surface area contributed by atoms with Crippen LogP contribution in [0.1, 0.15) is 10.4 Å². The summed E-state index contributed by atoms with van der Waals surface area (Å²) in [4.78, 5) is 13.8. The van der Waals surface area contributed by atoms with E-state index in [0.717, 1.165) is 0 Å². The second-order valence-electron chi connectivity index (χ2n) is 2.15. The van der Waals surface area contributed by atoms with Crippen molar-refractivity contribution in [3.05, 3.63) is 23.8 Å². The summed E-state index contributed by atoms with van der Waals surface area (Å²) < 4.78 is 0. The third-order valence-corrected chi connectivity index (χ3v) is 1.38. The molecule has 0 aliphatic heterocycles. The molecule has 1 aromatic carbocycles. The van der Waals surface area contributed by atoms with Crippen molar-refractivity contribution in [3.8, 4) is 5.75 Å². The van der Waals surface area contributed by atoms with Crippen molar-refractivity contribution in [2.24, 2.45) is 4.99 Å². The van der Waals surface area contributed by atoms with Gasteiger partial charge in [-0.05, 0) is 18.9 Å². The van der Waals surface area contributed by atoms with Crippen LogP contribution in [0.15, 0.2) is 23.2 Å². The van der Waals surface area contributed by atoms with E-state index in [-0.39, 0.29) is 40.9 Å². The van der Waals surface area contributed by atoms with Gasteiger partial charge in [-0.3, -0.25) is 4.99 Å². The molecule has 4 nitrogen and oxygen atoms in total. The van der Waals surface area contributed by atoms with Crippen LogP contribution in [-0.2, 0) is 0 Å². The fraction of sp³-hybridized carbons (Fsp3) is 0. The van der Waals surface area contributed by atoms with Crippen molar-refractivity contribution in [2.75, 3.05) is 0 Å². The zero-order valence-corrected chi connectivity index (χ0v) is 9.15. The number of aromatic hydroxyl groups is 1. The van der Waals surface area contributed by atoms with Gasteiger partial charge in [-0.1, -0.05) is 0 Å². The summed E-state index contributed by atoms with van der Waals surface area (Å²) in [5, 5.41) is 19.4. The Hall–Kier alpha value is -0.840. The van der Waals surface area contributed by atoms with Crippen LogP contribution in [0.5, 0.6) is 5.75 Å². The molecule has 1 N–H and O–H groups in total. The van der Waals surface area contributed by atoms with Crippen molar-refractivity contribution in [1.29, 1.82) is 0 Å². The molecule has 5 heteroatoms. The van der Waals surface area contributed by atoms with Crippen LogP contribution in [-0.4, -0.2) is 17.8 Å². The number of nitrogens with zero attached hydrogens (tertiary/aromatic N) is 1. The average molecular weight is 187 g/mol. The second-order valence-corrected chi connectivity index (χ2v) is 2.15. The van der Waals surface area contributed by atoms with Gasteiger partial charge in [0.05, 0.1) is 11.7 Å². The molecule has 0 bridgehead atoms. The fourth-order valence-electron chi connectivity index (χ4n) is 0.791. The van der Waals surface area contributed by atoms with E-state index in [4.69, 9.17) is 5.11 Å². The number of benzene rings is 1. The number of hydrogen-bond acceptors (Lipinski definition) is 4. The van der Waals surface area contributed by atoms with Crippen molar-refractivity contribution < 1.29 is 44.6 Å². The van der Waals surface area contributed by atoms with Gasteiger partial charge in [0.25, 0.3) is 0 Å². The van der Waals surface area contributed by atoms with Gasteiger partial charge in [-0.2, -0.15) is 0 Å². The number of carbonyl (C=O) groups excluding carboxylic acids is 1. The third kappa shape index (κ3) is 2.84. The Morgan fingerprint density at radius 2 is 2.15 bits per heavy atom. The molecule has 0 saturated heterocycles. The minimum absolute atomic E-state index is 0. The van der Waals surface area contributed by atoms with E-state index in [1.807, 2.05) is 0 Å². The van der Waals surface area contributed by atoms with Crippen LogP contribution in [0.4, 0.5) is 5.69 Å². The number of carboxylic acids is 1. The van der Waals surface area contributed by atoms with E-state index in [9.17, 15) is 9.90 Å². The molecule has 0 aromatic heterocycles. The first-order valence-electron chi connectivity index (χ1n) is 3.16. The van der Waals surface area contributed by atoms with Gasteiger partial charge in [0.1, 0.15) is 5.75 Å². The quantitative estimate of drug-likeness (QED) is 0.398.